The van der Waals surface area contributed by atoms with Gasteiger partial charge in [-0.3, -0.25) is 4.79 Å². The molecule has 5 nitrogen and oxygen atoms in total. The Kier molecular flexibility index (Phi) is 4.09. The van der Waals surface area contributed by atoms with E-state index in [-0.39, 0.29) is 12.5 Å². The number of amides is 2. The summed E-state index contributed by atoms with van der Waals surface area (Å²) in [7, 11) is 1.73. The second-order valence-electron chi connectivity index (χ2n) is 5.65. The molecule has 2 rings (SSSR count). The molecule has 0 heterocycles. The molecule has 5 heteroatoms. The first kappa shape index (κ1) is 13.2. The van der Waals surface area contributed by atoms with Crippen LogP contribution in [0.2, 0.25) is 0 Å². The molecule has 2 fully saturated rings. The number of hydrogen-bond acceptors (Lipinski definition) is 2. The van der Waals surface area contributed by atoms with Gasteiger partial charge in [-0.25, -0.2) is 4.79 Å². The minimum absolute atomic E-state index is 0.0575. The summed E-state index contributed by atoms with van der Waals surface area (Å²) in [5.41, 5.74) is 0. The normalized spacial score (nSPS) is 29.3. The van der Waals surface area contributed by atoms with Crippen LogP contribution in [0.3, 0.4) is 0 Å². The Balaban J connectivity index is 1.69. The Bertz CT molecular complexity index is 332. The van der Waals surface area contributed by atoms with Crippen molar-refractivity contribution in [2.75, 3.05) is 13.6 Å². The fraction of sp³-hybridized carbons (Fsp3) is 0.846. The Labute approximate surface area is 108 Å². The molecule has 0 aromatic heterocycles. The lowest BCUT2D eigenvalue weighted by molar-refractivity contribution is -0.137. The Hall–Kier alpha value is -1.26. The van der Waals surface area contributed by atoms with E-state index in [1.165, 1.54) is 19.3 Å². The molecule has 0 spiro atoms. The molecule has 0 aromatic rings. The van der Waals surface area contributed by atoms with E-state index >= 15 is 0 Å². The van der Waals surface area contributed by atoms with Crippen LogP contribution in [0.25, 0.3) is 0 Å². The number of hydrogen-bond donors (Lipinski definition) is 2. The highest BCUT2D eigenvalue weighted by atomic mass is 16.4. The SMILES string of the molecule is CN(CCCC(=O)O)C(=O)NC1CC2CCC1C2. The summed E-state index contributed by atoms with van der Waals surface area (Å²) >= 11 is 0. The van der Waals surface area contributed by atoms with Gasteiger partial charge in [0.25, 0.3) is 0 Å². The molecule has 2 bridgehead atoms. The third kappa shape index (κ3) is 3.15. The Morgan fingerprint density at radius 3 is 2.67 bits per heavy atom. The van der Waals surface area contributed by atoms with Gasteiger partial charge < -0.3 is 15.3 Å². The zero-order chi connectivity index (χ0) is 13.1. The van der Waals surface area contributed by atoms with Gasteiger partial charge in [0.2, 0.25) is 0 Å². The Morgan fingerprint density at radius 1 is 1.33 bits per heavy atom. The molecule has 3 unspecified atom stereocenters. The van der Waals surface area contributed by atoms with E-state index in [0.29, 0.717) is 24.9 Å². The molecule has 2 N–H and O–H groups in total. The van der Waals surface area contributed by atoms with Crippen molar-refractivity contribution < 1.29 is 14.7 Å². The summed E-state index contributed by atoms with van der Waals surface area (Å²) in [6.07, 6.45) is 5.60. The first-order valence-corrected chi connectivity index (χ1v) is 6.79. The highest BCUT2D eigenvalue weighted by Gasteiger charge is 2.40. The summed E-state index contributed by atoms with van der Waals surface area (Å²) < 4.78 is 0. The third-order valence-electron chi connectivity index (χ3n) is 4.28. The van der Waals surface area contributed by atoms with Crippen LogP contribution in [0.4, 0.5) is 4.79 Å². The van der Waals surface area contributed by atoms with Crippen LogP contribution in [-0.4, -0.2) is 41.6 Å². The summed E-state index contributed by atoms with van der Waals surface area (Å²) in [5, 5.41) is 11.6. The maximum absolute atomic E-state index is 11.9. The predicted octanol–water partition coefficient (Wildman–Crippen LogP) is 1.68. The maximum atomic E-state index is 11.9. The lowest BCUT2D eigenvalue weighted by Gasteiger charge is -2.26. The van der Waals surface area contributed by atoms with Crippen molar-refractivity contribution in [2.45, 2.75) is 44.6 Å². The van der Waals surface area contributed by atoms with Crippen LogP contribution in [0.1, 0.15) is 38.5 Å². The van der Waals surface area contributed by atoms with Crippen LogP contribution in [0.15, 0.2) is 0 Å². The zero-order valence-corrected chi connectivity index (χ0v) is 10.9. The quantitative estimate of drug-likeness (QED) is 0.784. The van der Waals surface area contributed by atoms with Gasteiger partial charge in [-0.05, 0) is 37.5 Å². The van der Waals surface area contributed by atoms with E-state index in [1.54, 1.807) is 11.9 Å². The zero-order valence-electron chi connectivity index (χ0n) is 10.9. The lowest BCUT2D eigenvalue weighted by atomic mass is 9.95. The van der Waals surface area contributed by atoms with Crippen molar-refractivity contribution in [1.29, 1.82) is 0 Å². The van der Waals surface area contributed by atoms with E-state index < -0.39 is 5.97 Å². The van der Waals surface area contributed by atoms with Gasteiger partial charge in [0.1, 0.15) is 0 Å². The second kappa shape index (κ2) is 5.59. The van der Waals surface area contributed by atoms with Crippen molar-refractivity contribution in [3.8, 4) is 0 Å². The molecule has 3 atom stereocenters. The lowest BCUT2D eigenvalue weighted by Crippen LogP contribution is -2.45. The van der Waals surface area contributed by atoms with Gasteiger partial charge in [-0.15, -0.1) is 0 Å². The molecule has 2 saturated carbocycles. The van der Waals surface area contributed by atoms with Gasteiger partial charge in [0, 0.05) is 26.1 Å². The van der Waals surface area contributed by atoms with Crippen molar-refractivity contribution in [3.63, 3.8) is 0 Å². The van der Waals surface area contributed by atoms with Crippen molar-refractivity contribution in [1.82, 2.24) is 10.2 Å². The van der Waals surface area contributed by atoms with Crippen LogP contribution in [-0.2, 0) is 4.79 Å². The molecule has 0 radical (unpaired) electrons. The Morgan fingerprint density at radius 2 is 2.11 bits per heavy atom. The summed E-state index contributed by atoms with van der Waals surface area (Å²) in [6, 6.07) is 0.288. The van der Waals surface area contributed by atoms with Gasteiger partial charge >= 0.3 is 12.0 Å². The van der Waals surface area contributed by atoms with Crippen molar-refractivity contribution >= 4 is 12.0 Å². The minimum atomic E-state index is -0.808. The molecule has 0 aliphatic heterocycles. The molecule has 2 aliphatic carbocycles. The number of aliphatic carboxylic acids is 1. The fourth-order valence-electron chi connectivity index (χ4n) is 3.26. The summed E-state index contributed by atoms with van der Waals surface area (Å²) in [6.45, 7) is 0.499. The first-order valence-electron chi connectivity index (χ1n) is 6.79. The van der Waals surface area contributed by atoms with E-state index in [2.05, 4.69) is 5.32 Å². The predicted molar refractivity (Wildman–Crippen MR) is 67.3 cm³/mol. The number of carboxylic acids is 1. The molecular formula is C13H22N2O3. The molecule has 0 aromatic carbocycles. The standard InChI is InChI=1S/C13H22N2O3/c1-15(6-2-3-12(16)17)13(18)14-11-8-9-4-5-10(11)7-9/h9-11H,2-8H2,1H3,(H,14,18)(H,16,17). The molecule has 2 aliphatic rings. The number of nitrogens with zero attached hydrogens (tertiary/aromatic N) is 1. The molecule has 18 heavy (non-hydrogen) atoms. The van der Waals surface area contributed by atoms with Gasteiger partial charge in [-0.2, -0.15) is 0 Å². The molecule has 0 saturated heterocycles. The van der Waals surface area contributed by atoms with Crippen LogP contribution in [0, 0.1) is 11.8 Å². The largest absolute Gasteiger partial charge is 0.481 e. The molecule has 2 amide bonds. The van der Waals surface area contributed by atoms with Gasteiger partial charge in [0.05, 0.1) is 0 Å². The molecular weight excluding hydrogens is 232 g/mol. The van der Waals surface area contributed by atoms with Crippen LogP contribution < -0.4 is 5.32 Å². The van der Waals surface area contributed by atoms with Gasteiger partial charge in [-0.1, -0.05) is 6.42 Å². The number of carboxylic acid groups (broad SMARTS) is 1. The summed E-state index contributed by atoms with van der Waals surface area (Å²) in [5.74, 6) is 0.681. The van der Waals surface area contributed by atoms with E-state index in [1.807, 2.05) is 0 Å². The van der Waals surface area contributed by atoms with Crippen molar-refractivity contribution in [2.24, 2.45) is 11.8 Å². The fourth-order valence-corrected chi connectivity index (χ4v) is 3.26. The number of nitrogens with one attached hydrogen (secondary N) is 1. The number of fused-ring (bicyclic) bond motifs is 2. The van der Waals surface area contributed by atoms with Crippen LogP contribution in [0.5, 0.6) is 0 Å². The topological polar surface area (TPSA) is 69.6 Å². The third-order valence-corrected chi connectivity index (χ3v) is 4.28. The second-order valence-corrected chi connectivity index (χ2v) is 5.65. The van der Waals surface area contributed by atoms with E-state index in [4.69, 9.17) is 5.11 Å². The highest BCUT2D eigenvalue weighted by molar-refractivity contribution is 5.74. The minimum Gasteiger partial charge on any atom is -0.481 e. The number of carbonyl (C=O) groups is 2. The average molecular weight is 254 g/mol. The average Bonchev–Trinajstić information content (AvgIpc) is 2.90. The highest BCUT2D eigenvalue weighted by Crippen LogP contribution is 2.44. The number of carbonyl (C=O) groups excluding carboxylic acids is 1. The maximum Gasteiger partial charge on any atom is 0.317 e. The van der Waals surface area contributed by atoms with Gasteiger partial charge in [0.15, 0.2) is 0 Å². The smallest absolute Gasteiger partial charge is 0.317 e. The van der Waals surface area contributed by atoms with Crippen molar-refractivity contribution in [3.05, 3.63) is 0 Å². The van der Waals surface area contributed by atoms with E-state index in [0.717, 1.165) is 12.3 Å². The van der Waals surface area contributed by atoms with E-state index in [9.17, 15) is 9.59 Å². The number of urea groups is 1. The summed E-state index contributed by atoms with van der Waals surface area (Å²) in [4.78, 5) is 23.9. The molecule has 102 valence electrons. The number of rotatable bonds is 5. The monoisotopic (exact) mass is 254 g/mol. The van der Waals surface area contributed by atoms with Crippen LogP contribution >= 0.6 is 0 Å². The first-order chi connectivity index (χ1) is 8.56.